The summed E-state index contributed by atoms with van der Waals surface area (Å²) in [5.74, 6) is -0.641. The van der Waals surface area contributed by atoms with E-state index in [4.69, 9.17) is 0 Å². The molecule has 27 heavy (non-hydrogen) atoms. The van der Waals surface area contributed by atoms with Gasteiger partial charge in [0.05, 0.1) is 6.54 Å². The smallest absolute Gasteiger partial charge is 0.259 e. The number of benzene rings is 2. The lowest BCUT2D eigenvalue weighted by atomic mass is 9.87. The van der Waals surface area contributed by atoms with Crippen molar-refractivity contribution >= 4 is 17.5 Å². The van der Waals surface area contributed by atoms with Crippen LogP contribution in [0.4, 0.5) is 0 Å². The van der Waals surface area contributed by atoms with E-state index in [-0.39, 0.29) is 23.8 Å². The van der Waals surface area contributed by atoms with E-state index in [0.29, 0.717) is 12.0 Å². The van der Waals surface area contributed by atoms with Gasteiger partial charge in [-0.3, -0.25) is 9.59 Å². The molecule has 2 aromatic carbocycles. The van der Waals surface area contributed by atoms with Crippen LogP contribution in [0.1, 0.15) is 49.2 Å². The summed E-state index contributed by atoms with van der Waals surface area (Å²) in [6, 6.07) is 17.3. The molecule has 2 N–H and O–H groups in total. The quantitative estimate of drug-likeness (QED) is 0.608. The minimum absolute atomic E-state index is 0.0322. The highest BCUT2D eigenvalue weighted by molar-refractivity contribution is 5.96. The molecule has 142 valence electrons. The maximum Gasteiger partial charge on any atom is 0.259 e. The average molecular weight is 365 g/mol. The summed E-state index contributed by atoms with van der Waals surface area (Å²) in [4.78, 5) is 24.1. The minimum atomic E-state index is -0.359. The van der Waals surface area contributed by atoms with E-state index in [2.05, 4.69) is 36.6 Å². The molecule has 0 spiro atoms. The lowest BCUT2D eigenvalue weighted by Gasteiger charge is -2.19. The summed E-state index contributed by atoms with van der Waals surface area (Å²) in [5.41, 5.74) is 6.10. The number of nitrogens with zero attached hydrogens (tertiary/aromatic N) is 1. The van der Waals surface area contributed by atoms with E-state index < -0.39 is 0 Å². The second-order valence-corrected chi connectivity index (χ2v) is 7.55. The first-order valence-corrected chi connectivity index (χ1v) is 9.00. The number of carbonyl (C=O) groups excluding carboxylic acids is 2. The van der Waals surface area contributed by atoms with Crippen molar-refractivity contribution in [3.8, 4) is 0 Å². The first-order valence-electron chi connectivity index (χ1n) is 9.00. The van der Waals surface area contributed by atoms with E-state index in [1.807, 2.05) is 49.4 Å². The molecule has 0 saturated carbocycles. The standard InChI is InChI=1S/C22H27N3O2/c1-16(14-17-8-6-5-7-9-17)24-25-20(26)15-23-21(27)18-10-12-19(13-11-18)22(2,3)4/h5-13H,14-15H2,1-4H3,(H,23,27)(H,25,26)/b24-16-. The Labute approximate surface area is 160 Å². The van der Waals surface area contributed by atoms with Crippen LogP contribution in [0.15, 0.2) is 59.7 Å². The summed E-state index contributed by atoms with van der Waals surface area (Å²) in [6.07, 6.45) is 0.660. The second kappa shape index (κ2) is 9.12. The Morgan fingerprint density at radius 2 is 1.59 bits per heavy atom. The number of hydrogen-bond donors (Lipinski definition) is 2. The Bertz CT molecular complexity index is 804. The summed E-state index contributed by atoms with van der Waals surface area (Å²) < 4.78 is 0. The van der Waals surface area contributed by atoms with Gasteiger partial charge in [-0.15, -0.1) is 0 Å². The highest BCUT2D eigenvalue weighted by Gasteiger charge is 2.14. The fourth-order valence-electron chi connectivity index (χ4n) is 2.51. The molecular formula is C22H27N3O2. The Morgan fingerprint density at radius 1 is 0.963 bits per heavy atom. The molecule has 0 bridgehead atoms. The molecule has 2 rings (SSSR count). The number of hydrogen-bond acceptors (Lipinski definition) is 3. The predicted molar refractivity (Wildman–Crippen MR) is 109 cm³/mol. The Balaban J connectivity index is 1.81. The zero-order valence-electron chi connectivity index (χ0n) is 16.4. The summed E-state index contributed by atoms with van der Waals surface area (Å²) in [5, 5.41) is 6.68. The van der Waals surface area contributed by atoms with Crippen LogP contribution in [0.25, 0.3) is 0 Å². The molecule has 2 aromatic rings. The van der Waals surface area contributed by atoms with Crippen molar-refractivity contribution < 1.29 is 9.59 Å². The van der Waals surface area contributed by atoms with E-state index in [9.17, 15) is 9.59 Å². The van der Waals surface area contributed by atoms with Gasteiger partial charge in [0.25, 0.3) is 11.8 Å². The van der Waals surface area contributed by atoms with Crippen LogP contribution >= 0.6 is 0 Å². The second-order valence-electron chi connectivity index (χ2n) is 7.55. The fraction of sp³-hybridized carbons (Fsp3) is 0.318. The molecule has 2 amide bonds. The van der Waals surface area contributed by atoms with Gasteiger partial charge in [0.2, 0.25) is 0 Å². The first kappa shape index (κ1) is 20.4. The van der Waals surface area contributed by atoms with E-state index in [1.165, 1.54) is 0 Å². The maximum absolute atomic E-state index is 12.2. The molecule has 0 aliphatic carbocycles. The third kappa shape index (κ3) is 6.70. The molecule has 0 radical (unpaired) electrons. The van der Waals surface area contributed by atoms with Crippen molar-refractivity contribution in [1.29, 1.82) is 0 Å². The van der Waals surface area contributed by atoms with Crippen molar-refractivity contribution in [3.05, 3.63) is 71.3 Å². The summed E-state index contributed by atoms with van der Waals surface area (Å²) >= 11 is 0. The number of nitrogens with one attached hydrogen (secondary N) is 2. The van der Waals surface area contributed by atoms with Gasteiger partial charge in [0, 0.05) is 17.7 Å². The molecule has 0 fully saturated rings. The van der Waals surface area contributed by atoms with Crippen LogP contribution in [-0.4, -0.2) is 24.1 Å². The van der Waals surface area contributed by atoms with Crippen molar-refractivity contribution in [2.75, 3.05) is 6.54 Å². The Morgan fingerprint density at radius 3 is 2.19 bits per heavy atom. The SMILES string of the molecule is C/C(Cc1ccccc1)=N/NC(=O)CNC(=O)c1ccc(C(C)(C)C)cc1. The molecule has 0 atom stereocenters. The van der Waals surface area contributed by atoms with Crippen molar-refractivity contribution in [2.24, 2.45) is 5.10 Å². The van der Waals surface area contributed by atoms with Crippen LogP contribution in [0.2, 0.25) is 0 Å². The number of carbonyl (C=O) groups is 2. The number of amides is 2. The number of rotatable bonds is 6. The molecule has 0 aliphatic heterocycles. The van der Waals surface area contributed by atoms with Crippen LogP contribution in [0.5, 0.6) is 0 Å². The zero-order valence-corrected chi connectivity index (χ0v) is 16.4. The average Bonchev–Trinajstić information content (AvgIpc) is 2.64. The Kier molecular flexibility index (Phi) is 6.88. The molecule has 0 aliphatic rings. The van der Waals surface area contributed by atoms with E-state index in [0.717, 1.165) is 16.8 Å². The van der Waals surface area contributed by atoms with Gasteiger partial charge in [-0.05, 0) is 35.6 Å². The molecule has 0 aromatic heterocycles. The Hall–Kier alpha value is -2.95. The van der Waals surface area contributed by atoms with E-state index >= 15 is 0 Å². The van der Waals surface area contributed by atoms with E-state index in [1.54, 1.807) is 12.1 Å². The van der Waals surface area contributed by atoms with Gasteiger partial charge in [-0.25, -0.2) is 5.43 Å². The third-order valence-corrected chi connectivity index (χ3v) is 4.10. The highest BCUT2D eigenvalue weighted by atomic mass is 16.2. The van der Waals surface area contributed by atoms with Crippen LogP contribution in [0.3, 0.4) is 0 Å². The minimum Gasteiger partial charge on any atom is -0.343 e. The van der Waals surface area contributed by atoms with Crippen LogP contribution in [0, 0.1) is 0 Å². The van der Waals surface area contributed by atoms with Crippen LogP contribution in [-0.2, 0) is 16.6 Å². The summed E-state index contributed by atoms with van der Waals surface area (Å²) in [6.45, 7) is 8.08. The number of hydrazone groups is 1. The molecular weight excluding hydrogens is 338 g/mol. The first-order chi connectivity index (χ1) is 12.8. The van der Waals surface area contributed by atoms with Crippen LogP contribution < -0.4 is 10.7 Å². The highest BCUT2D eigenvalue weighted by Crippen LogP contribution is 2.22. The molecule has 5 nitrogen and oxygen atoms in total. The van der Waals surface area contributed by atoms with Gasteiger partial charge in [0.15, 0.2) is 0 Å². The lowest BCUT2D eigenvalue weighted by molar-refractivity contribution is -0.120. The lowest BCUT2D eigenvalue weighted by Crippen LogP contribution is -2.35. The van der Waals surface area contributed by atoms with Crippen molar-refractivity contribution in [2.45, 2.75) is 39.5 Å². The maximum atomic E-state index is 12.2. The zero-order chi connectivity index (χ0) is 19.9. The predicted octanol–water partition coefficient (Wildman–Crippen LogP) is 3.45. The van der Waals surface area contributed by atoms with Crippen molar-refractivity contribution in [1.82, 2.24) is 10.7 Å². The fourth-order valence-corrected chi connectivity index (χ4v) is 2.51. The molecule has 0 saturated heterocycles. The molecule has 0 heterocycles. The largest absolute Gasteiger partial charge is 0.343 e. The van der Waals surface area contributed by atoms with Crippen molar-refractivity contribution in [3.63, 3.8) is 0 Å². The topological polar surface area (TPSA) is 70.6 Å². The molecule has 5 heteroatoms. The summed E-state index contributed by atoms with van der Waals surface area (Å²) in [7, 11) is 0. The molecule has 0 unspecified atom stereocenters. The van der Waals surface area contributed by atoms with Gasteiger partial charge >= 0.3 is 0 Å². The van der Waals surface area contributed by atoms with Gasteiger partial charge in [0.1, 0.15) is 0 Å². The van der Waals surface area contributed by atoms with Gasteiger partial charge < -0.3 is 5.32 Å². The third-order valence-electron chi connectivity index (χ3n) is 4.10. The van der Waals surface area contributed by atoms with Gasteiger partial charge in [-0.1, -0.05) is 63.2 Å². The normalized spacial score (nSPS) is 11.8. The van der Waals surface area contributed by atoms with Gasteiger partial charge in [-0.2, -0.15) is 5.10 Å². The monoisotopic (exact) mass is 365 g/mol.